The molecule has 0 spiro atoms. The third kappa shape index (κ3) is 4.80. The summed E-state index contributed by atoms with van der Waals surface area (Å²) in [5.41, 5.74) is -1.01. The number of esters is 1. The fraction of sp³-hybridized carbons (Fsp3) is 0. The van der Waals surface area contributed by atoms with Crippen LogP contribution in [0.15, 0.2) is 47.4 Å². The van der Waals surface area contributed by atoms with Crippen LogP contribution in [0.3, 0.4) is 0 Å². The zero-order valence-corrected chi connectivity index (χ0v) is 15.8. The first-order chi connectivity index (χ1) is 13.7. The van der Waals surface area contributed by atoms with Crippen LogP contribution in [-0.2, 0) is 4.79 Å². The maximum absolute atomic E-state index is 12.3. The Bertz CT molecular complexity index is 1080. The molecule has 0 bridgehead atoms. The highest BCUT2D eigenvalue weighted by Gasteiger charge is 2.23. The predicted octanol–water partition coefficient (Wildman–Crippen LogP) is 3.21. The molecule has 2 aromatic rings. The van der Waals surface area contributed by atoms with Crippen molar-refractivity contribution in [1.82, 2.24) is 5.32 Å². The van der Waals surface area contributed by atoms with Crippen LogP contribution in [0.4, 0.5) is 11.4 Å². The van der Waals surface area contributed by atoms with Gasteiger partial charge in [0.2, 0.25) is 0 Å². The number of hydrogen-bond acceptors (Lipinski definition) is 9. The van der Waals surface area contributed by atoms with E-state index in [0.717, 1.165) is 30.0 Å². The Balaban J connectivity index is 1.85. The quantitative estimate of drug-likeness (QED) is 0.188. The molecule has 0 saturated carbocycles. The average molecular weight is 431 g/mol. The molecule has 146 valence electrons. The number of hydrogen-bond donors (Lipinski definition) is 1. The summed E-state index contributed by atoms with van der Waals surface area (Å²) in [4.78, 5) is 44.7. The first-order valence-electron chi connectivity index (χ1n) is 7.74. The van der Waals surface area contributed by atoms with Gasteiger partial charge in [0.25, 0.3) is 17.3 Å². The van der Waals surface area contributed by atoms with Crippen molar-refractivity contribution in [2.24, 2.45) is 0 Å². The Kier molecular flexibility index (Phi) is 5.66. The van der Waals surface area contributed by atoms with Gasteiger partial charge in [0.15, 0.2) is 0 Å². The van der Waals surface area contributed by atoms with Crippen LogP contribution in [0.1, 0.15) is 15.9 Å². The molecule has 1 saturated heterocycles. The van der Waals surface area contributed by atoms with Gasteiger partial charge in [0.1, 0.15) is 10.1 Å². The van der Waals surface area contributed by atoms with Crippen molar-refractivity contribution in [2.45, 2.75) is 0 Å². The number of benzene rings is 2. The zero-order valence-electron chi connectivity index (χ0n) is 14.2. The van der Waals surface area contributed by atoms with Gasteiger partial charge in [0, 0.05) is 12.1 Å². The Hall–Kier alpha value is -3.64. The van der Waals surface area contributed by atoms with E-state index in [0.29, 0.717) is 14.8 Å². The summed E-state index contributed by atoms with van der Waals surface area (Å²) in [5, 5.41) is 24.4. The van der Waals surface area contributed by atoms with E-state index in [4.69, 9.17) is 17.0 Å². The number of non-ortho nitro benzene ring substituents is 2. The molecule has 1 amide bonds. The highest BCUT2D eigenvalue weighted by Crippen LogP contribution is 2.28. The second-order valence-electron chi connectivity index (χ2n) is 5.57. The summed E-state index contributed by atoms with van der Waals surface area (Å²) in [5.74, 6) is -1.26. The largest absolute Gasteiger partial charge is 0.423 e. The number of nitro groups is 2. The summed E-state index contributed by atoms with van der Waals surface area (Å²) in [7, 11) is 0. The molecule has 0 aromatic heterocycles. The van der Waals surface area contributed by atoms with E-state index in [9.17, 15) is 29.8 Å². The Morgan fingerprint density at radius 3 is 2.31 bits per heavy atom. The van der Waals surface area contributed by atoms with E-state index in [2.05, 4.69) is 5.32 Å². The smallest absolute Gasteiger partial charge is 0.344 e. The van der Waals surface area contributed by atoms with Crippen molar-refractivity contribution in [2.75, 3.05) is 0 Å². The number of nitro benzene ring substituents is 2. The molecule has 29 heavy (non-hydrogen) atoms. The van der Waals surface area contributed by atoms with Crippen molar-refractivity contribution in [3.05, 3.63) is 78.7 Å². The Morgan fingerprint density at radius 2 is 1.76 bits per heavy atom. The van der Waals surface area contributed by atoms with E-state index in [1.807, 2.05) is 0 Å². The third-order valence-electron chi connectivity index (χ3n) is 3.57. The molecule has 0 aliphatic carbocycles. The number of thiocarbonyl (C=S) groups is 1. The molecule has 3 rings (SSSR count). The van der Waals surface area contributed by atoms with Gasteiger partial charge in [-0.1, -0.05) is 36.1 Å². The number of carbonyl (C=O) groups is 2. The van der Waals surface area contributed by atoms with Gasteiger partial charge in [-0.25, -0.2) is 4.79 Å². The summed E-state index contributed by atoms with van der Waals surface area (Å²) >= 11 is 6.00. The van der Waals surface area contributed by atoms with Gasteiger partial charge in [-0.3, -0.25) is 25.0 Å². The first kappa shape index (κ1) is 20.1. The topological polar surface area (TPSA) is 142 Å². The standard InChI is InChI=1S/C17H9N3O7S2/c21-15-14(29-17(28)18-15)5-9-2-1-3-13(4-9)27-16(22)10-6-11(19(23)24)8-12(7-10)20(25)26/h1-8H,(H,18,21,28)/b14-5-. The molecule has 10 nitrogen and oxygen atoms in total. The molecule has 1 heterocycles. The van der Waals surface area contributed by atoms with Crippen molar-refractivity contribution in [1.29, 1.82) is 0 Å². The van der Waals surface area contributed by atoms with Gasteiger partial charge in [-0.15, -0.1) is 0 Å². The fourth-order valence-electron chi connectivity index (χ4n) is 2.33. The lowest BCUT2D eigenvalue weighted by molar-refractivity contribution is -0.394. The van der Waals surface area contributed by atoms with Crippen molar-refractivity contribution >= 4 is 57.6 Å². The van der Waals surface area contributed by atoms with Crippen LogP contribution in [0, 0.1) is 20.2 Å². The fourth-order valence-corrected chi connectivity index (χ4v) is 3.37. The first-order valence-corrected chi connectivity index (χ1v) is 8.96. The summed E-state index contributed by atoms with van der Waals surface area (Å²) < 4.78 is 5.51. The molecule has 0 atom stereocenters. The number of nitrogens with zero attached hydrogens (tertiary/aromatic N) is 2. The van der Waals surface area contributed by atoms with E-state index in [1.165, 1.54) is 12.1 Å². The Labute approximate surface area is 171 Å². The molecule has 1 aliphatic rings. The molecule has 0 unspecified atom stereocenters. The lowest BCUT2D eigenvalue weighted by atomic mass is 10.1. The molecule has 1 aliphatic heterocycles. The number of carbonyl (C=O) groups excluding carboxylic acids is 2. The van der Waals surface area contributed by atoms with E-state index in [-0.39, 0.29) is 17.2 Å². The molecule has 1 N–H and O–H groups in total. The van der Waals surface area contributed by atoms with Gasteiger partial charge >= 0.3 is 5.97 Å². The number of ether oxygens (including phenoxy) is 1. The van der Waals surface area contributed by atoms with Crippen LogP contribution in [0.5, 0.6) is 5.75 Å². The van der Waals surface area contributed by atoms with Crippen LogP contribution < -0.4 is 10.1 Å². The lowest BCUT2D eigenvalue weighted by Crippen LogP contribution is -2.17. The second-order valence-corrected chi connectivity index (χ2v) is 7.29. The van der Waals surface area contributed by atoms with E-state index >= 15 is 0 Å². The minimum Gasteiger partial charge on any atom is -0.423 e. The number of thioether (sulfide) groups is 1. The summed E-state index contributed by atoms with van der Waals surface area (Å²) in [6.07, 6.45) is 1.55. The maximum Gasteiger partial charge on any atom is 0.344 e. The predicted molar refractivity (Wildman–Crippen MR) is 107 cm³/mol. The molecular weight excluding hydrogens is 422 g/mol. The highest BCUT2D eigenvalue weighted by atomic mass is 32.2. The molecule has 2 aromatic carbocycles. The number of rotatable bonds is 5. The van der Waals surface area contributed by atoms with Crippen LogP contribution in [-0.4, -0.2) is 26.0 Å². The number of amides is 1. The SMILES string of the molecule is O=C1NC(=S)S/C1=C\c1cccc(OC(=O)c2cc([N+](=O)[O-])cc([N+](=O)[O-])c2)c1. The van der Waals surface area contributed by atoms with E-state index < -0.39 is 27.2 Å². The zero-order chi connectivity index (χ0) is 21.1. The van der Waals surface area contributed by atoms with Crippen molar-refractivity contribution in [3.63, 3.8) is 0 Å². The lowest BCUT2D eigenvalue weighted by Gasteiger charge is -2.06. The van der Waals surface area contributed by atoms with Crippen molar-refractivity contribution in [3.8, 4) is 5.75 Å². The molecule has 1 fully saturated rings. The van der Waals surface area contributed by atoms with Crippen molar-refractivity contribution < 1.29 is 24.2 Å². The highest BCUT2D eigenvalue weighted by molar-refractivity contribution is 8.26. The van der Waals surface area contributed by atoms with Gasteiger partial charge in [-0.05, 0) is 23.8 Å². The van der Waals surface area contributed by atoms with E-state index in [1.54, 1.807) is 18.2 Å². The maximum atomic E-state index is 12.3. The minimum atomic E-state index is -1.00. The van der Waals surface area contributed by atoms with Gasteiger partial charge in [-0.2, -0.15) is 0 Å². The minimum absolute atomic E-state index is 0.0875. The van der Waals surface area contributed by atoms with Crippen LogP contribution in [0.25, 0.3) is 6.08 Å². The summed E-state index contributed by atoms with van der Waals surface area (Å²) in [6, 6.07) is 8.68. The normalized spacial score (nSPS) is 14.6. The Morgan fingerprint density at radius 1 is 1.10 bits per heavy atom. The van der Waals surface area contributed by atoms with Gasteiger partial charge < -0.3 is 10.1 Å². The number of nitrogens with one attached hydrogen (secondary N) is 1. The van der Waals surface area contributed by atoms with Gasteiger partial charge in [0.05, 0.1) is 26.4 Å². The third-order valence-corrected chi connectivity index (χ3v) is 4.73. The average Bonchev–Trinajstić information content (AvgIpc) is 2.98. The van der Waals surface area contributed by atoms with Crippen LogP contribution >= 0.6 is 24.0 Å². The molecule has 0 radical (unpaired) electrons. The van der Waals surface area contributed by atoms with Crippen LogP contribution in [0.2, 0.25) is 0 Å². The molecular formula is C17H9N3O7S2. The monoisotopic (exact) mass is 431 g/mol. The molecule has 12 heteroatoms. The second kappa shape index (κ2) is 8.16. The summed E-state index contributed by atoms with van der Waals surface area (Å²) in [6.45, 7) is 0.